The SMILES string of the molecule is CCCc1cc(NS(=O)(=O)c2ccc(Cl)c(Cl)c2)n[nH]1. The first-order valence-corrected chi connectivity index (χ1v) is 8.18. The van der Waals surface area contributed by atoms with E-state index in [1.54, 1.807) is 6.07 Å². The van der Waals surface area contributed by atoms with E-state index in [9.17, 15) is 8.42 Å². The number of nitrogens with one attached hydrogen (secondary N) is 2. The maximum absolute atomic E-state index is 12.2. The van der Waals surface area contributed by atoms with Crippen LogP contribution >= 0.6 is 23.2 Å². The Bertz CT molecular complexity index is 713. The number of halogens is 2. The van der Waals surface area contributed by atoms with E-state index < -0.39 is 10.0 Å². The second kappa shape index (κ2) is 6.03. The van der Waals surface area contributed by atoms with Gasteiger partial charge in [0.2, 0.25) is 0 Å². The molecule has 0 radical (unpaired) electrons. The highest BCUT2D eigenvalue weighted by Gasteiger charge is 2.17. The summed E-state index contributed by atoms with van der Waals surface area (Å²) in [7, 11) is -3.73. The molecule has 0 saturated carbocycles. The Balaban J connectivity index is 2.23. The van der Waals surface area contributed by atoms with E-state index in [0.717, 1.165) is 18.5 Å². The Labute approximate surface area is 127 Å². The quantitative estimate of drug-likeness (QED) is 0.879. The fraction of sp³-hybridized carbons (Fsp3) is 0.250. The first-order chi connectivity index (χ1) is 9.42. The Kier molecular flexibility index (Phi) is 4.57. The molecule has 0 spiro atoms. The zero-order valence-electron chi connectivity index (χ0n) is 10.7. The minimum absolute atomic E-state index is 0.0342. The third-order valence-electron chi connectivity index (χ3n) is 2.59. The van der Waals surface area contributed by atoms with E-state index >= 15 is 0 Å². The molecule has 0 saturated heterocycles. The number of aryl methyl sites for hydroxylation is 1. The van der Waals surface area contributed by atoms with E-state index in [-0.39, 0.29) is 15.7 Å². The minimum atomic E-state index is -3.73. The predicted octanol–water partition coefficient (Wildman–Crippen LogP) is 3.47. The zero-order chi connectivity index (χ0) is 14.8. The van der Waals surface area contributed by atoms with E-state index in [1.807, 2.05) is 6.92 Å². The van der Waals surface area contributed by atoms with Crippen LogP contribution in [0.2, 0.25) is 10.0 Å². The molecule has 0 unspecified atom stereocenters. The van der Waals surface area contributed by atoms with Crippen LogP contribution in [0.4, 0.5) is 5.82 Å². The first-order valence-electron chi connectivity index (χ1n) is 5.94. The van der Waals surface area contributed by atoms with Crippen molar-refractivity contribution in [1.29, 1.82) is 0 Å². The molecule has 2 N–H and O–H groups in total. The molecule has 0 aliphatic carbocycles. The van der Waals surface area contributed by atoms with Gasteiger partial charge in [0.05, 0.1) is 14.9 Å². The average Bonchev–Trinajstić information content (AvgIpc) is 2.79. The highest BCUT2D eigenvalue weighted by molar-refractivity contribution is 7.92. The molecule has 1 aromatic heterocycles. The number of benzene rings is 1. The fourth-order valence-corrected chi connectivity index (χ4v) is 3.03. The number of hydrogen-bond donors (Lipinski definition) is 2. The average molecular weight is 334 g/mol. The van der Waals surface area contributed by atoms with Gasteiger partial charge in [0.15, 0.2) is 5.82 Å². The lowest BCUT2D eigenvalue weighted by molar-refractivity contribution is 0.601. The molecule has 8 heteroatoms. The van der Waals surface area contributed by atoms with Gasteiger partial charge in [0, 0.05) is 11.8 Å². The lowest BCUT2D eigenvalue weighted by atomic mass is 10.2. The third kappa shape index (κ3) is 3.45. The molecular formula is C12H13Cl2N3O2S. The third-order valence-corrected chi connectivity index (χ3v) is 4.68. The summed E-state index contributed by atoms with van der Waals surface area (Å²) in [5.41, 5.74) is 0.874. The standard InChI is InChI=1S/C12H13Cl2N3O2S/c1-2-3-8-6-12(16-15-8)17-20(18,19)9-4-5-10(13)11(14)7-9/h4-7H,2-3H2,1H3,(H2,15,16,17). The molecule has 0 fully saturated rings. The number of H-pyrrole nitrogens is 1. The highest BCUT2D eigenvalue weighted by atomic mass is 35.5. The summed E-state index contributed by atoms with van der Waals surface area (Å²) in [5, 5.41) is 7.17. The molecule has 5 nitrogen and oxygen atoms in total. The van der Waals surface area contributed by atoms with Gasteiger partial charge in [0.1, 0.15) is 0 Å². The van der Waals surface area contributed by atoms with Crippen molar-refractivity contribution >= 4 is 39.0 Å². The Morgan fingerprint density at radius 3 is 2.65 bits per heavy atom. The molecule has 0 amide bonds. The number of hydrogen-bond acceptors (Lipinski definition) is 3. The van der Waals surface area contributed by atoms with Crippen molar-refractivity contribution in [2.75, 3.05) is 4.72 Å². The molecule has 0 atom stereocenters. The van der Waals surface area contributed by atoms with Crippen LogP contribution in [0.1, 0.15) is 19.0 Å². The maximum atomic E-state index is 12.2. The van der Waals surface area contributed by atoms with Crippen molar-refractivity contribution in [2.45, 2.75) is 24.7 Å². The summed E-state index contributed by atoms with van der Waals surface area (Å²) in [6, 6.07) is 5.78. The molecule has 0 aliphatic rings. The molecule has 0 bridgehead atoms. The normalized spacial score (nSPS) is 11.6. The van der Waals surface area contributed by atoms with Crippen LogP contribution in [-0.2, 0) is 16.4 Å². The molecular weight excluding hydrogens is 321 g/mol. The van der Waals surface area contributed by atoms with Crippen LogP contribution in [-0.4, -0.2) is 18.6 Å². The smallest absolute Gasteiger partial charge is 0.263 e. The van der Waals surface area contributed by atoms with E-state index in [4.69, 9.17) is 23.2 Å². The van der Waals surface area contributed by atoms with Gasteiger partial charge in [-0.15, -0.1) is 0 Å². The van der Waals surface area contributed by atoms with Crippen molar-refractivity contribution in [3.63, 3.8) is 0 Å². The van der Waals surface area contributed by atoms with Crippen LogP contribution in [0.3, 0.4) is 0 Å². The summed E-state index contributed by atoms with van der Waals surface area (Å²) in [6.07, 6.45) is 1.75. The lowest BCUT2D eigenvalue weighted by Gasteiger charge is -2.06. The minimum Gasteiger partial charge on any atom is -0.280 e. The number of nitrogens with zero attached hydrogens (tertiary/aromatic N) is 1. The van der Waals surface area contributed by atoms with Gasteiger partial charge in [-0.25, -0.2) is 8.42 Å². The fourth-order valence-electron chi connectivity index (χ4n) is 1.65. The largest absolute Gasteiger partial charge is 0.280 e. The summed E-state index contributed by atoms with van der Waals surface area (Å²) in [6.45, 7) is 2.03. The second-order valence-electron chi connectivity index (χ2n) is 4.21. The van der Waals surface area contributed by atoms with Gasteiger partial charge < -0.3 is 0 Å². The number of rotatable bonds is 5. The monoisotopic (exact) mass is 333 g/mol. The van der Waals surface area contributed by atoms with Crippen molar-refractivity contribution in [2.24, 2.45) is 0 Å². The summed E-state index contributed by atoms with van der Waals surface area (Å²) >= 11 is 11.6. The van der Waals surface area contributed by atoms with Crippen LogP contribution in [0.25, 0.3) is 0 Å². The van der Waals surface area contributed by atoms with Gasteiger partial charge in [0.25, 0.3) is 10.0 Å². The molecule has 2 aromatic rings. The maximum Gasteiger partial charge on any atom is 0.263 e. The summed E-state index contributed by atoms with van der Waals surface area (Å²) in [5.74, 6) is 0.250. The van der Waals surface area contributed by atoms with Gasteiger partial charge in [-0.2, -0.15) is 5.10 Å². The molecule has 2 rings (SSSR count). The molecule has 1 aromatic carbocycles. The van der Waals surface area contributed by atoms with Crippen LogP contribution < -0.4 is 4.72 Å². The molecule has 108 valence electrons. The topological polar surface area (TPSA) is 74.8 Å². The number of anilines is 1. The van der Waals surface area contributed by atoms with Gasteiger partial charge in [-0.1, -0.05) is 36.5 Å². The summed E-state index contributed by atoms with van der Waals surface area (Å²) in [4.78, 5) is 0.0342. The van der Waals surface area contributed by atoms with Crippen molar-refractivity contribution < 1.29 is 8.42 Å². The predicted molar refractivity (Wildman–Crippen MR) is 79.9 cm³/mol. The van der Waals surface area contributed by atoms with Gasteiger partial charge in [-0.3, -0.25) is 9.82 Å². The number of aromatic amines is 1. The van der Waals surface area contributed by atoms with Crippen molar-refractivity contribution in [3.05, 3.63) is 40.0 Å². The van der Waals surface area contributed by atoms with Gasteiger partial charge in [-0.05, 0) is 24.6 Å². The van der Waals surface area contributed by atoms with E-state index in [0.29, 0.717) is 5.02 Å². The first kappa shape index (κ1) is 15.2. The van der Waals surface area contributed by atoms with E-state index in [1.165, 1.54) is 18.2 Å². The van der Waals surface area contributed by atoms with E-state index in [2.05, 4.69) is 14.9 Å². The van der Waals surface area contributed by atoms with Crippen molar-refractivity contribution in [3.8, 4) is 0 Å². The van der Waals surface area contributed by atoms with Crippen LogP contribution in [0.5, 0.6) is 0 Å². The molecule has 0 aliphatic heterocycles. The van der Waals surface area contributed by atoms with Crippen LogP contribution in [0.15, 0.2) is 29.2 Å². The van der Waals surface area contributed by atoms with Gasteiger partial charge >= 0.3 is 0 Å². The number of sulfonamides is 1. The Hall–Kier alpha value is -1.24. The second-order valence-corrected chi connectivity index (χ2v) is 6.71. The Morgan fingerprint density at radius 2 is 2.00 bits per heavy atom. The summed E-state index contributed by atoms with van der Waals surface area (Å²) < 4.78 is 26.7. The Morgan fingerprint density at radius 1 is 1.25 bits per heavy atom. The molecule has 20 heavy (non-hydrogen) atoms. The highest BCUT2D eigenvalue weighted by Crippen LogP contribution is 2.25. The molecule has 1 heterocycles. The van der Waals surface area contributed by atoms with Crippen LogP contribution in [0, 0.1) is 0 Å². The number of aromatic nitrogens is 2. The lowest BCUT2D eigenvalue weighted by Crippen LogP contribution is -2.13. The zero-order valence-corrected chi connectivity index (χ0v) is 13.0. The van der Waals surface area contributed by atoms with Crippen molar-refractivity contribution in [1.82, 2.24) is 10.2 Å².